The summed E-state index contributed by atoms with van der Waals surface area (Å²) in [6.45, 7) is 0. The van der Waals surface area contributed by atoms with Gasteiger partial charge in [-0.05, 0) is 23.8 Å². The highest BCUT2D eigenvalue weighted by molar-refractivity contribution is 5.96. The van der Waals surface area contributed by atoms with Gasteiger partial charge in [0.25, 0.3) is 0 Å². The van der Waals surface area contributed by atoms with Gasteiger partial charge in [-0.3, -0.25) is 0 Å². The number of hydrogen-bond donors (Lipinski definition) is 1. The Morgan fingerprint density at radius 3 is 2.50 bits per heavy atom. The molecule has 3 nitrogen and oxygen atoms in total. The van der Waals surface area contributed by atoms with Gasteiger partial charge in [-0.1, -0.05) is 30.3 Å². The summed E-state index contributed by atoms with van der Waals surface area (Å²) in [6.07, 6.45) is 3.80. The van der Waals surface area contributed by atoms with Crippen LogP contribution in [0.15, 0.2) is 60.9 Å². The van der Waals surface area contributed by atoms with Gasteiger partial charge in [-0.2, -0.15) is 0 Å². The van der Waals surface area contributed by atoms with Gasteiger partial charge in [-0.15, -0.1) is 0 Å². The molecule has 0 atom stereocenters. The van der Waals surface area contributed by atoms with Crippen LogP contribution in [0, 0.1) is 0 Å². The maximum Gasteiger partial charge on any atom is 0.337 e. The number of carboxylic acid groups (broad SMARTS) is 1. The largest absolute Gasteiger partial charge is 0.478 e. The molecule has 3 rings (SSSR count). The van der Waals surface area contributed by atoms with Crippen LogP contribution in [0.5, 0.6) is 0 Å². The predicted octanol–water partition coefficient (Wildman–Crippen LogP) is 3.30. The number of rotatable bonds is 2. The smallest absolute Gasteiger partial charge is 0.337 e. The zero-order valence-electron chi connectivity index (χ0n) is 9.58. The molecule has 3 heteroatoms. The van der Waals surface area contributed by atoms with Crippen molar-refractivity contribution in [2.24, 2.45) is 0 Å². The molecule has 0 aliphatic heterocycles. The topological polar surface area (TPSA) is 41.7 Å². The van der Waals surface area contributed by atoms with Gasteiger partial charge < -0.3 is 9.51 Å². The number of carbonyl (C=O) groups is 1. The molecule has 2 aromatic heterocycles. The zero-order valence-corrected chi connectivity index (χ0v) is 9.58. The fourth-order valence-electron chi connectivity index (χ4n) is 2.11. The van der Waals surface area contributed by atoms with E-state index in [1.807, 2.05) is 53.2 Å². The summed E-state index contributed by atoms with van der Waals surface area (Å²) in [4.78, 5) is 11.1. The molecule has 0 aliphatic rings. The molecule has 18 heavy (non-hydrogen) atoms. The van der Waals surface area contributed by atoms with Gasteiger partial charge in [0.15, 0.2) is 0 Å². The highest BCUT2D eigenvalue weighted by Gasteiger charge is 2.10. The molecule has 0 aliphatic carbocycles. The van der Waals surface area contributed by atoms with E-state index >= 15 is 0 Å². The van der Waals surface area contributed by atoms with E-state index in [-0.39, 0.29) is 0 Å². The van der Waals surface area contributed by atoms with Crippen LogP contribution in [0.25, 0.3) is 16.6 Å². The third-order valence-corrected chi connectivity index (χ3v) is 2.97. The summed E-state index contributed by atoms with van der Waals surface area (Å²) in [5.74, 6) is -0.904. The number of benzene rings is 1. The normalized spacial score (nSPS) is 10.7. The van der Waals surface area contributed by atoms with Crippen LogP contribution in [-0.4, -0.2) is 15.5 Å². The van der Waals surface area contributed by atoms with Crippen LogP contribution in [0.4, 0.5) is 0 Å². The van der Waals surface area contributed by atoms with E-state index in [1.165, 1.54) is 0 Å². The lowest BCUT2D eigenvalue weighted by Crippen LogP contribution is -1.98. The van der Waals surface area contributed by atoms with Gasteiger partial charge >= 0.3 is 5.97 Å². The van der Waals surface area contributed by atoms with E-state index in [2.05, 4.69) is 0 Å². The number of carboxylic acids is 1. The van der Waals surface area contributed by atoms with Gasteiger partial charge in [0.2, 0.25) is 0 Å². The fraction of sp³-hybridized carbons (Fsp3) is 0. The maximum atomic E-state index is 11.1. The van der Waals surface area contributed by atoms with Crippen LogP contribution in [0.3, 0.4) is 0 Å². The molecule has 3 aromatic rings. The van der Waals surface area contributed by atoms with Gasteiger partial charge in [0, 0.05) is 18.0 Å². The minimum atomic E-state index is -0.904. The van der Waals surface area contributed by atoms with Crippen LogP contribution < -0.4 is 0 Å². The van der Waals surface area contributed by atoms with Gasteiger partial charge in [0.1, 0.15) is 0 Å². The van der Waals surface area contributed by atoms with Crippen LogP contribution in [-0.2, 0) is 0 Å². The van der Waals surface area contributed by atoms with Crippen LogP contribution in [0.2, 0.25) is 0 Å². The molecule has 0 amide bonds. The number of hydrogen-bond acceptors (Lipinski definition) is 1. The number of aromatic nitrogens is 1. The molecule has 88 valence electrons. The first-order chi connectivity index (χ1) is 8.75. The third-order valence-electron chi connectivity index (χ3n) is 2.97. The molecule has 0 fully saturated rings. The monoisotopic (exact) mass is 237 g/mol. The van der Waals surface area contributed by atoms with E-state index in [0.717, 1.165) is 11.1 Å². The second-order valence-corrected chi connectivity index (χ2v) is 4.11. The Morgan fingerprint density at radius 2 is 1.78 bits per heavy atom. The van der Waals surface area contributed by atoms with Crippen molar-refractivity contribution in [3.63, 3.8) is 0 Å². The first-order valence-electron chi connectivity index (χ1n) is 5.65. The Balaban J connectivity index is 2.23. The number of nitrogens with zero attached hydrogens (tertiary/aromatic N) is 1. The Bertz CT molecular complexity index is 714. The van der Waals surface area contributed by atoms with E-state index in [9.17, 15) is 4.79 Å². The first kappa shape index (κ1) is 10.6. The Morgan fingerprint density at radius 1 is 1.00 bits per heavy atom. The second kappa shape index (κ2) is 4.04. The lowest BCUT2D eigenvalue weighted by atomic mass is 10.1. The van der Waals surface area contributed by atoms with Crippen LogP contribution >= 0.6 is 0 Å². The Labute approximate surface area is 104 Å². The molecule has 0 radical (unpaired) electrons. The molecular weight excluding hydrogens is 226 g/mol. The summed E-state index contributed by atoms with van der Waals surface area (Å²) in [6, 6.07) is 15.2. The third kappa shape index (κ3) is 1.66. The Hall–Kier alpha value is -2.55. The minimum absolute atomic E-state index is 0.319. The van der Waals surface area contributed by atoms with E-state index < -0.39 is 5.97 Å². The molecule has 2 heterocycles. The fourth-order valence-corrected chi connectivity index (χ4v) is 2.11. The summed E-state index contributed by atoms with van der Waals surface area (Å²) in [7, 11) is 0. The summed E-state index contributed by atoms with van der Waals surface area (Å²) >= 11 is 0. The van der Waals surface area contributed by atoms with E-state index in [0.29, 0.717) is 11.1 Å². The molecule has 1 N–H and O–H groups in total. The second-order valence-electron chi connectivity index (χ2n) is 4.11. The zero-order chi connectivity index (χ0) is 12.5. The molecule has 0 bridgehead atoms. The number of fused-ring (bicyclic) bond motifs is 1. The highest BCUT2D eigenvalue weighted by atomic mass is 16.4. The molecule has 0 saturated carbocycles. The van der Waals surface area contributed by atoms with Gasteiger partial charge in [-0.25, -0.2) is 4.79 Å². The lowest BCUT2D eigenvalue weighted by Gasteiger charge is -1.97. The SMILES string of the molecule is O=C(O)c1cccn2cc(-c3ccccc3)cc12. The molecule has 0 unspecified atom stereocenters. The van der Waals surface area contributed by atoms with Crippen molar-refractivity contribution in [2.75, 3.05) is 0 Å². The minimum Gasteiger partial charge on any atom is -0.478 e. The number of aromatic carboxylic acids is 1. The average molecular weight is 237 g/mol. The van der Waals surface area contributed by atoms with Crippen LogP contribution in [0.1, 0.15) is 10.4 Å². The average Bonchev–Trinajstić information content (AvgIpc) is 2.83. The molecule has 0 spiro atoms. The summed E-state index contributed by atoms with van der Waals surface area (Å²) in [5.41, 5.74) is 3.13. The summed E-state index contributed by atoms with van der Waals surface area (Å²) < 4.78 is 1.84. The molecule has 1 aromatic carbocycles. The number of pyridine rings is 1. The van der Waals surface area contributed by atoms with E-state index in [1.54, 1.807) is 12.1 Å². The standard InChI is InChI=1S/C15H11NO2/c17-15(18)13-7-4-8-16-10-12(9-14(13)16)11-5-2-1-3-6-11/h1-10H,(H,17,18). The van der Waals surface area contributed by atoms with Gasteiger partial charge in [0.05, 0.1) is 11.1 Å². The highest BCUT2D eigenvalue weighted by Crippen LogP contribution is 2.24. The molecular formula is C15H11NO2. The predicted molar refractivity (Wildman–Crippen MR) is 69.8 cm³/mol. The maximum absolute atomic E-state index is 11.1. The first-order valence-corrected chi connectivity index (χ1v) is 5.65. The van der Waals surface area contributed by atoms with E-state index in [4.69, 9.17) is 5.11 Å². The van der Waals surface area contributed by atoms with Crippen molar-refractivity contribution < 1.29 is 9.90 Å². The van der Waals surface area contributed by atoms with Crippen molar-refractivity contribution in [1.82, 2.24) is 4.40 Å². The Kier molecular flexibility index (Phi) is 2.38. The molecule has 0 saturated heterocycles. The lowest BCUT2D eigenvalue weighted by molar-refractivity contribution is 0.0698. The quantitative estimate of drug-likeness (QED) is 0.743. The van der Waals surface area contributed by atoms with Crippen molar-refractivity contribution in [3.8, 4) is 11.1 Å². The van der Waals surface area contributed by atoms with Crippen molar-refractivity contribution in [3.05, 3.63) is 66.5 Å². The van der Waals surface area contributed by atoms with Crippen molar-refractivity contribution >= 4 is 11.5 Å². The summed E-state index contributed by atoms with van der Waals surface area (Å²) in [5, 5.41) is 9.15. The van der Waals surface area contributed by atoms with Crippen molar-refractivity contribution in [2.45, 2.75) is 0 Å². The van der Waals surface area contributed by atoms with Crippen molar-refractivity contribution in [1.29, 1.82) is 0 Å².